The predicted molar refractivity (Wildman–Crippen MR) is 56.8 cm³/mol. The molecule has 0 N–H and O–H groups in total. The van der Waals surface area contributed by atoms with Gasteiger partial charge in [0.1, 0.15) is 0 Å². The molecule has 0 unspecified atom stereocenters. The van der Waals surface area contributed by atoms with Gasteiger partial charge in [-0.05, 0) is 30.9 Å². The van der Waals surface area contributed by atoms with Gasteiger partial charge in [-0.3, -0.25) is 4.79 Å². The number of halogens is 1. The summed E-state index contributed by atoms with van der Waals surface area (Å²) in [5.74, 6) is -0.0311. The normalized spacial score (nSPS) is 15.9. The van der Waals surface area contributed by atoms with E-state index < -0.39 is 0 Å². The zero-order valence-electron chi connectivity index (χ0n) is 8.48. The number of carbonyl (C=O) groups is 1. The average Bonchev–Trinajstić information content (AvgIpc) is 2.15. The Hall–Kier alpha value is -1.16. The van der Waals surface area contributed by atoms with Gasteiger partial charge in [-0.2, -0.15) is 0 Å². The SMILES string of the molecule is CN(C(=O)c1cnc(Cl)nc1)C1CCC1. The van der Waals surface area contributed by atoms with Gasteiger partial charge in [0.05, 0.1) is 5.56 Å². The first-order chi connectivity index (χ1) is 7.18. The molecule has 1 saturated carbocycles. The van der Waals surface area contributed by atoms with Crippen LogP contribution in [0.1, 0.15) is 29.6 Å². The van der Waals surface area contributed by atoms with Gasteiger partial charge in [0, 0.05) is 25.5 Å². The molecule has 80 valence electrons. The Morgan fingerprint density at radius 2 is 2.07 bits per heavy atom. The predicted octanol–water partition coefficient (Wildman–Crippen LogP) is 1.75. The van der Waals surface area contributed by atoms with Crippen LogP contribution in [0.2, 0.25) is 5.28 Å². The Balaban J connectivity index is 2.09. The average molecular weight is 226 g/mol. The Morgan fingerprint density at radius 3 is 2.53 bits per heavy atom. The highest BCUT2D eigenvalue weighted by atomic mass is 35.5. The summed E-state index contributed by atoms with van der Waals surface area (Å²) in [6.45, 7) is 0. The number of nitrogens with zero attached hydrogens (tertiary/aromatic N) is 3. The molecule has 2 rings (SSSR count). The molecule has 0 spiro atoms. The minimum atomic E-state index is -0.0311. The molecule has 1 aromatic heterocycles. The van der Waals surface area contributed by atoms with Crippen molar-refractivity contribution in [3.8, 4) is 0 Å². The molecule has 1 amide bonds. The molecule has 1 aliphatic carbocycles. The van der Waals surface area contributed by atoms with Crippen LogP contribution >= 0.6 is 11.6 Å². The van der Waals surface area contributed by atoms with Crippen molar-refractivity contribution in [3.05, 3.63) is 23.2 Å². The topological polar surface area (TPSA) is 46.1 Å². The first-order valence-electron chi connectivity index (χ1n) is 4.93. The summed E-state index contributed by atoms with van der Waals surface area (Å²) in [5, 5.41) is 0.165. The van der Waals surface area contributed by atoms with Gasteiger partial charge in [-0.15, -0.1) is 0 Å². The minimum absolute atomic E-state index is 0.0311. The van der Waals surface area contributed by atoms with Crippen LogP contribution in [-0.4, -0.2) is 33.9 Å². The van der Waals surface area contributed by atoms with E-state index in [9.17, 15) is 4.79 Å². The summed E-state index contributed by atoms with van der Waals surface area (Å²) >= 11 is 5.55. The van der Waals surface area contributed by atoms with E-state index in [1.807, 2.05) is 7.05 Å². The number of carbonyl (C=O) groups excluding carboxylic acids is 1. The van der Waals surface area contributed by atoms with Crippen molar-refractivity contribution in [1.82, 2.24) is 14.9 Å². The molecular weight excluding hydrogens is 214 g/mol. The second-order valence-electron chi connectivity index (χ2n) is 3.74. The van der Waals surface area contributed by atoms with Crippen LogP contribution in [-0.2, 0) is 0 Å². The van der Waals surface area contributed by atoms with Gasteiger partial charge in [0.2, 0.25) is 5.28 Å². The van der Waals surface area contributed by atoms with Crippen LogP contribution in [0.4, 0.5) is 0 Å². The summed E-state index contributed by atoms with van der Waals surface area (Å²) in [4.78, 5) is 21.2. The highest BCUT2D eigenvalue weighted by Crippen LogP contribution is 2.24. The molecule has 0 aromatic carbocycles. The van der Waals surface area contributed by atoms with E-state index in [0.29, 0.717) is 11.6 Å². The molecule has 1 heterocycles. The lowest BCUT2D eigenvalue weighted by Gasteiger charge is -2.34. The van der Waals surface area contributed by atoms with E-state index in [1.165, 1.54) is 18.8 Å². The van der Waals surface area contributed by atoms with Crippen LogP contribution in [0.3, 0.4) is 0 Å². The zero-order valence-corrected chi connectivity index (χ0v) is 9.24. The second kappa shape index (κ2) is 4.14. The number of hydrogen-bond donors (Lipinski definition) is 0. The molecule has 1 aliphatic rings. The van der Waals surface area contributed by atoms with Crippen LogP contribution in [0, 0.1) is 0 Å². The summed E-state index contributed by atoms with van der Waals surface area (Å²) in [7, 11) is 1.82. The zero-order chi connectivity index (χ0) is 10.8. The number of rotatable bonds is 2. The Kier molecular flexibility index (Phi) is 2.86. The second-order valence-corrected chi connectivity index (χ2v) is 4.08. The van der Waals surface area contributed by atoms with E-state index >= 15 is 0 Å². The van der Waals surface area contributed by atoms with Crippen molar-refractivity contribution in [3.63, 3.8) is 0 Å². The maximum absolute atomic E-state index is 11.9. The molecular formula is C10H12ClN3O. The van der Waals surface area contributed by atoms with Crippen LogP contribution in [0.25, 0.3) is 0 Å². The van der Waals surface area contributed by atoms with Gasteiger partial charge >= 0.3 is 0 Å². The third-order valence-corrected chi connectivity index (χ3v) is 3.01. The molecule has 15 heavy (non-hydrogen) atoms. The Morgan fingerprint density at radius 1 is 1.47 bits per heavy atom. The fraction of sp³-hybridized carbons (Fsp3) is 0.500. The largest absolute Gasteiger partial charge is 0.339 e. The Labute approximate surface area is 93.3 Å². The van der Waals surface area contributed by atoms with Crippen molar-refractivity contribution >= 4 is 17.5 Å². The molecule has 5 heteroatoms. The summed E-state index contributed by atoms with van der Waals surface area (Å²) in [5.41, 5.74) is 0.494. The van der Waals surface area contributed by atoms with E-state index in [0.717, 1.165) is 12.8 Å². The van der Waals surface area contributed by atoms with Crippen molar-refractivity contribution in [1.29, 1.82) is 0 Å². The van der Waals surface area contributed by atoms with E-state index in [1.54, 1.807) is 4.90 Å². The maximum atomic E-state index is 11.9. The minimum Gasteiger partial charge on any atom is -0.339 e. The van der Waals surface area contributed by atoms with Gasteiger partial charge in [-0.25, -0.2) is 9.97 Å². The lowest BCUT2D eigenvalue weighted by Crippen LogP contribution is -2.41. The van der Waals surface area contributed by atoms with Crippen LogP contribution in [0.15, 0.2) is 12.4 Å². The quantitative estimate of drug-likeness (QED) is 0.721. The smallest absolute Gasteiger partial charge is 0.256 e. The maximum Gasteiger partial charge on any atom is 0.256 e. The fourth-order valence-corrected chi connectivity index (χ4v) is 1.66. The first kappa shape index (κ1) is 10.4. The molecule has 1 aromatic rings. The summed E-state index contributed by atoms with van der Waals surface area (Å²) in [6.07, 6.45) is 6.33. The van der Waals surface area contributed by atoms with Crippen molar-refractivity contribution < 1.29 is 4.79 Å². The molecule has 1 fully saturated rings. The fourth-order valence-electron chi connectivity index (χ4n) is 1.57. The third kappa shape index (κ3) is 2.09. The number of aromatic nitrogens is 2. The van der Waals surface area contributed by atoms with Gasteiger partial charge in [0.15, 0.2) is 0 Å². The van der Waals surface area contributed by atoms with E-state index in [2.05, 4.69) is 9.97 Å². The van der Waals surface area contributed by atoms with Gasteiger partial charge in [-0.1, -0.05) is 0 Å². The first-order valence-corrected chi connectivity index (χ1v) is 5.31. The van der Waals surface area contributed by atoms with Crippen molar-refractivity contribution in [2.75, 3.05) is 7.05 Å². The number of amides is 1. The molecule has 4 nitrogen and oxygen atoms in total. The lowest BCUT2D eigenvalue weighted by molar-refractivity contribution is 0.0651. The third-order valence-electron chi connectivity index (χ3n) is 2.81. The summed E-state index contributed by atoms with van der Waals surface area (Å²) in [6, 6.07) is 0.383. The molecule has 0 radical (unpaired) electrons. The van der Waals surface area contributed by atoms with Gasteiger partial charge in [0.25, 0.3) is 5.91 Å². The molecule has 0 bridgehead atoms. The van der Waals surface area contributed by atoms with Gasteiger partial charge < -0.3 is 4.90 Å². The highest BCUT2D eigenvalue weighted by Gasteiger charge is 2.26. The Bertz CT molecular complexity index is 361. The van der Waals surface area contributed by atoms with Crippen LogP contribution < -0.4 is 0 Å². The lowest BCUT2D eigenvalue weighted by atomic mass is 9.91. The highest BCUT2D eigenvalue weighted by molar-refractivity contribution is 6.28. The molecule has 0 aliphatic heterocycles. The van der Waals surface area contributed by atoms with Crippen molar-refractivity contribution in [2.24, 2.45) is 0 Å². The van der Waals surface area contributed by atoms with Crippen LogP contribution in [0.5, 0.6) is 0 Å². The van der Waals surface area contributed by atoms with Crippen molar-refractivity contribution in [2.45, 2.75) is 25.3 Å². The summed E-state index contributed by atoms with van der Waals surface area (Å²) < 4.78 is 0. The molecule has 0 atom stereocenters. The number of hydrogen-bond acceptors (Lipinski definition) is 3. The van der Waals surface area contributed by atoms with E-state index in [4.69, 9.17) is 11.6 Å². The van der Waals surface area contributed by atoms with E-state index in [-0.39, 0.29) is 11.2 Å². The standard InChI is InChI=1S/C10H12ClN3O/c1-14(8-3-2-4-8)9(15)7-5-12-10(11)13-6-7/h5-6,8H,2-4H2,1H3. The molecule has 0 saturated heterocycles. The monoisotopic (exact) mass is 225 g/mol.